The Kier molecular flexibility index (Phi) is 4.75. The number of hydrogen-bond acceptors (Lipinski definition) is 4. The topological polar surface area (TPSA) is 81.7 Å². The first kappa shape index (κ1) is 18.1. The summed E-state index contributed by atoms with van der Waals surface area (Å²) in [6.07, 6.45) is -0.761. The first-order chi connectivity index (χ1) is 13.5. The van der Waals surface area contributed by atoms with Gasteiger partial charge in [0, 0.05) is 21.3 Å². The predicted octanol–water partition coefficient (Wildman–Crippen LogP) is 4.07. The van der Waals surface area contributed by atoms with Gasteiger partial charge >= 0.3 is 0 Å². The first-order valence-electron chi connectivity index (χ1n) is 8.58. The number of benzene rings is 3. The number of nitrogens with one attached hydrogen (secondary N) is 2. The number of phenolic OH excluding ortho intramolecular Hbond substituents is 1. The number of carbonyl (C=O) groups is 2. The number of phenols is 1. The monoisotopic (exact) mass is 437 g/mol. The number of para-hydroxylation sites is 2. The lowest BCUT2D eigenvalue weighted by atomic mass is 10.0. The molecule has 28 heavy (non-hydrogen) atoms. The molecule has 3 N–H and O–H groups in total. The standard InChI is InChI=1S/C21H16BrN3O3/c22-14-11-9-13(10-12-14)20(27)24-25-19(16-6-2-4-8-18(16)26)23-17-7-3-1-5-15(17)21(25)28/h1-12,19,23,26H,(H,24,27)/t19-/m0/s1. The molecular formula is C21H16BrN3O3. The van der Waals surface area contributed by atoms with Crippen molar-refractivity contribution in [2.45, 2.75) is 6.17 Å². The number of amides is 2. The van der Waals surface area contributed by atoms with Gasteiger partial charge in [-0.05, 0) is 42.5 Å². The lowest BCUT2D eigenvalue weighted by Gasteiger charge is -2.37. The number of anilines is 1. The van der Waals surface area contributed by atoms with Crippen molar-refractivity contribution in [2.75, 3.05) is 5.32 Å². The molecule has 0 saturated heterocycles. The number of nitrogens with zero attached hydrogens (tertiary/aromatic N) is 1. The van der Waals surface area contributed by atoms with E-state index in [1.807, 2.05) is 6.07 Å². The van der Waals surface area contributed by atoms with Crippen LogP contribution in [0.3, 0.4) is 0 Å². The van der Waals surface area contributed by atoms with Crippen molar-refractivity contribution < 1.29 is 14.7 Å². The van der Waals surface area contributed by atoms with E-state index in [1.165, 1.54) is 11.1 Å². The van der Waals surface area contributed by atoms with Crippen LogP contribution in [0.4, 0.5) is 5.69 Å². The molecule has 0 fully saturated rings. The molecule has 3 aromatic carbocycles. The summed E-state index contributed by atoms with van der Waals surface area (Å²) in [5.41, 5.74) is 4.63. The first-order valence-corrected chi connectivity index (χ1v) is 9.37. The van der Waals surface area contributed by atoms with Gasteiger partial charge in [-0.25, -0.2) is 5.01 Å². The van der Waals surface area contributed by atoms with Gasteiger partial charge in [-0.3, -0.25) is 15.0 Å². The van der Waals surface area contributed by atoms with Crippen LogP contribution in [0.15, 0.2) is 77.3 Å². The highest BCUT2D eigenvalue weighted by molar-refractivity contribution is 9.10. The van der Waals surface area contributed by atoms with Gasteiger partial charge in [0.2, 0.25) is 0 Å². The van der Waals surface area contributed by atoms with Crippen molar-refractivity contribution in [2.24, 2.45) is 0 Å². The van der Waals surface area contributed by atoms with Crippen LogP contribution in [-0.2, 0) is 0 Å². The smallest absolute Gasteiger partial charge is 0.276 e. The molecule has 0 unspecified atom stereocenters. The van der Waals surface area contributed by atoms with Crippen molar-refractivity contribution in [3.05, 3.63) is 94.0 Å². The van der Waals surface area contributed by atoms with Gasteiger partial charge in [-0.1, -0.05) is 46.3 Å². The summed E-state index contributed by atoms with van der Waals surface area (Å²) >= 11 is 3.33. The van der Waals surface area contributed by atoms with Crippen LogP contribution in [0.5, 0.6) is 5.75 Å². The zero-order valence-electron chi connectivity index (χ0n) is 14.6. The molecule has 0 aliphatic carbocycles. The fourth-order valence-electron chi connectivity index (χ4n) is 3.08. The average molecular weight is 438 g/mol. The molecule has 0 aromatic heterocycles. The molecule has 140 valence electrons. The van der Waals surface area contributed by atoms with E-state index >= 15 is 0 Å². The van der Waals surface area contributed by atoms with Gasteiger partial charge in [0.05, 0.1) is 5.56 Å². The Morgan fingerprint density at radius 1 is 1.00 bits per heavy atom. The minimum Gasteiger partial charge on any atom is -0.508 e. The Bertz CT molecular complexity index is 1050. The average Bonchev–Trinajstić information content (AvgIpc) is 2.71. The summed E-state index contributed by atoms with van der Waals surface area (Å²) in [6.45, 7) is 0. The summed E-state index contributed by atoms with van der Waals surface area (Å²) in [5, 5.41) is 14.7. The number of hydrogen-bond donors (Lipinski definition) is 3. The Labute approximate surface area is 169 Å². The molecular weight excluding hydrogens is 422 g/mol. The lowest BCUT2D eigenvalue weighted by Crippen LogP contribution is -2.52. The van der Waals surface area contributed by atoms with E-state index in [-0.39, 0.29) is 11.7 Å². The third-order valence-corrected chi connectivity index (χ3v) is 5.02. The van der Waals surface area contributed by atoms with Crippen molar-refractivity contribution in [1.82, 2.24) is 10.4 Å². The summed E-state index contributed by atoms with van der Waals surface area (Å²) < 4.78 is 0.848. The molecule has 1 atom stereocenters. The highest BCUT2D eigenvalue weighted by Gasteiger charge is 2.35. The molecule has 1 aliphatic rings. The van der Waals surface area contributed by atoms with Gasteiger partial charge in [-0.15, -0.1) is 0 Å². The second-order valence-electron chi connectivity index (χ2n) is 6.27. The number of aromatic hydroxyl groups is 1. The van der Waals surface area contributed by atoms with Crippen LogP contribution in [0.2, 0.25) is 0 Å². The number of hydrazine groups is 1. The molecule has 1 heterocycles. The molecule has 0 radical (unpaired) electrons. The van der Waals surface area contributed by atoms with Crippen molar-refractivity contribution in [3.8, 4) is 5.75 Å². The third-order valence-electron chi connectivity index (χ3n) is 4.49. The van der Waals surface area contributed by atoms with E-state index in [4.69, 9.17) is 0 Å². The maximum atomic E-state index is 13.1. The zero-order valence-corrected chi connectivity index (χ0v) is 16.2. The van der Waals surface area contributed by atoms with Crippen LogP contribution in [0.1, 0.15) is 32.4 Å². The fourth-order valence-corrected chi connectivity index (χ4v) is 3.34. The molecule has 2 amide bonds. The number of halogens is 1. The SMILES string of the molecule is O=C(NN1C(=O)c2ccccc2N[C@@H]1c1ccccc1O)c1ccc(Br)cc1. The highest BCUT2D eigenvalue weighted by atomic mass is 79.9. The largest absolute Gasteiger partial charge is 0.508 e. The second-order valence-corrected chi connectivity index (χ2v) is 7.19. The van der Waals surface area contributed by atoms with Crippen LogP contribution in [0.25, 0.3) is 0 Å². The summed E-state index contributed by atoms with van der Waals surface area (Å²) in [5.74, 6) is -0.773. The summed E-state index contributed by atoms with van der Waals surface area (Å²) in [4.78, 5) is 25.8. The second kappa shape index (κ2) is 7.36. The Morgan fingerprint density at radius 3 is 2.43 bits per heavy atom. The van der Waals surface area contributed by atoms with Crippen LogP contribution in [0, 0.1) is 0 Å². The molecule has 4 rings (SSSR count). The van der Waals surface area contributed by atoms with Crippen molar-refractivity contribution >= 4 is 33.4 Å². The molecule has 3 aromatic rings. The lowest BCUT2D eigenvalue weighted by molar-refractivity contribution is 0.0488. The van der Waals surface area contributed by atoms with E-state index in [0.29, 0.717) is 22.4 Å². The number of carbonyl (C=O) groups excluding carboxylic acids is 2. The maximum absolute atomic E-state index is 13.1. The molecule has 0 bridgehead atoms. The van der Waals surface area contributed by atoms with Gasteiger partial charge in [0.25, 0.3) is 11.8 Å². The third kappa shape index (κ3) is 3.32. The Hall–Kier alpha value is -3.32. The highest BCUT2D eigenvalue weighted by Crippen LogP contribution is 2.35. The predicted molar refractivity (Wildman–Crippen MR) is 109 cm³/mol. The Balaban J connectivity index is 1.72. The molecule has 6 nitrogen and oxygen atoms in total. The van der Waals surface area contributed by atoms with Crippen LogP contribution in [-0.4, -0.2) is 21.9 Å². The van der Waals surface area contributed by atoms with E-state index in [0.717, 1.165) is 4.47 Å². The minimum absolute atomic E-state index is 0.0232. The van der Waals surface area contributed by atoms with E-state index < -0.39 is 12.1 Å². The van der Waals surface area contributed by atoms with Gasteiger partial charge < -0.3 is 10.4 Å². The summed E-state index contributed by atoms with van der Waals surface area (Å²) in [7, 11) is 0. The molecule has 0 saturated carbocycles. The van der Waals surface area contributed by atoms with Crippen LogP contribution >= 0.6 is 15.9 Å². The maximum Gasteiger partial charge on any atom is 0.276 e. The molecule has 1 aliphatic heterocycles. The minimum atomic E-state index is -0.761. The van der Waals surface area contributed by atoms with E-state index in [2.05, 4.69) is 26.7 Å². The van der Waals surface area contributed by atoms with Gasteiger partial charge in [-0.2, -0.15) is 0 Å². The van der Waals surface area contributed by atoms with E-state index in [1.54, 1.807) is 60.7 Å². The normalized spacial score (nSPS) is 15.5. The summed E-state index contributed by atoms with van der Waals surface area (Å²) in [6, 6.07) is 20.6. The number of fused-ring (bicyclic) bond motifs is 1. The van der Waals surface area contributed by atoms with Gasteiger partial charge in [0.15, 0.2) is 6.17 Å². The number of rotatable bonds is 3. The van der Waals surface area contributed by atoms with Crippen molar-refractivity contribution in [1.29, 1.82) is 0 Å². The fraction of sp³-hybridized carbons (Fsp3) is 0.0476. The van der Waals surface area contributed by atoms with Crippen LogP contribution < -0.4 is 10.7 Å². The van der Waals surface area contributed by atoms with E-state index in [9.17, 15) is 14.7 Å². The van der Waals surface area contributed by atoms with Gasteiger partial charge in [0.1, 0.15) is 5.75 Å². The quantitative estimate of drug-likeness (QED) is 0.576. The molecule has 0 spiro atoms. The molecule has 7 heteroatoms. The van der Waals surface area contributed by atoms with Crippen molar-refractivity contribution in [3.63, 3.8) is 0 Å². The zero-order chi connectivity index (χ0) is 19.7. The Morgan fingerprint density at radius 2 is 1.68 bits per heavy atom.